The molecule has 0 amide bonds. The SMILES string of the molecule is CC(C)c1nc(-c2ccco2)sc1CC(=O)O. The first-order chi connectivity index (χ1) is 8.08. The highest BCUT2D eigenvalue weighted by atomic mass is 32.1. The Balaban J connectivity index is 2.40. The van der Waals surface area contributed by atoms with Crippen molar-refractivity contribution in [3.8, 4) is 10.8 Å². The molecule has 2 heterocycles. The molecule has 17 heavy (non-hydrogen) atoms. The molecule has 0 spiro atoms. The van der Waals surface area contributed by atoms with Crippen molar-refractivity contribution in [2.45, 2.75) is 26.2 Å². The molecular formula is C12H13NO3S. The molecule has 0 aromatic carbocycles. The Hall–Kier alpha value is -1.62. The van der Waals surface area contributed by atoms with Gasteiger partial charge in [0.05, 0.1) is 18.4 Å². The van der Waals surface area contributed by atoms with Gasteiger partial charge in [0.15, 0.2) is 10.8 Å². The van der Waals surface area contributed by atoms with E-state index in [1.807, 2.05) is 19.9 Å². The lowest BCUT2D eigenvalue weighted by Gasteiger charge is -2.02. The van der Waals surface area contributed by atoms with Gasteiger partial charge in [-0.05, 0) is 18.1 Å². The van der Waals surface area contributed by atoms with Gasteiger partial charge in [-0.2, -0.15) is 0 Å². The van der Waals surface area contributed by atoms with E-state index >= 15 is 0 Å². The molecule has 0 saturated heterocycles. The Labute approximate surface area is 103 Å². The standard InChI is InChI=1S/C12H13NO3S/c1-7(2)11-9(6-10(14)15)17-12(13-11)8-4-3-5-16-8/h3-5,7H,6H2,1-2H3,(H,14,15). The van der Waals surface area contributed by atoms with Gasteiger partial charge >= 0.3 is 5.97 Å². The number of hydrogen-bond donors (Lipinski definition) is 1. The predicted molar refractivity (Wildman–Crippen MR) is 65.2 cm³/mol. The number of nitrogens with zero attached hydrogens (tertiary/aromatic N) is 1. The summed E-state index contributed by atoms with van der Waals surface area (Å²) in [6.07, 6.45) is 1.61. The number of furan rings is 1. The smallest absolute Gasteiger partial charge is 0.308 e. The quantitative estimate of drug-likeness (QED) is 0.906. The van der Waals surface area contributed by atoms with Crippen molar-refractivity contribution < 1.29 is 14.3 Å². The molecular weight excluding hydrogens is 238 g/mol. The summed E-state index contributed by atoms with van der Waals surface area (Å²) >= 11 is 1.39. The Morgan fingerprint density at radius 1 is 1.59 bits per heavy atom. The van der Waals surface area contributed by atoms with Crippen molar-refractivity contribution >= 4 is 17.3 Å². The minimum atomic E-state index is -0.832. The Kier molecular flexibility index (Phi) is 3.28. The monoisotopic (exact) mass is 251 g/mol. The molecule has 2 rings (SSSR count). The van der Waals surface area contributed by atoms with Gasteiger partial charge in [-0.15, -0.1) is 11.3 Å². The van der Waals surface area contributed by atoms with Crippen LogP contribution in [0.2, 0.25) is 0 Å². The first-order valence-electron chi connectivity index (χ1n) is 5.33. The number of hydrogen-bond acceptors (Lipinski definition) is 4. The fourth-order valence-electron chi connectivity index (χ4n) is 1.58. The third-order valence-corrected chi connectivity index (χ3v) is 3.40. The Morgan fingerprint density at radius 3 is 2.88 bits per heavy atom. The van der Waals surface area contributed by atoms with Crippen LogP contribution in [0.4, 0.5) is 0 Å². The topological polar surface area (TPSA) is 63.3 Å². The van der Waals surface area contributed by atoms with Gasteiger partial charge in [0.2, 0.25) is 0 Å². The minimum absolute atomic E-state index is 0.0197. The van der Waals surface area contributed by atoms with E-state index in [1.54, 1.807) is 12.3 Å². The summed E-state index contributed by atoms with van der Waals surface area (Å²) in [5, 5.41) is 9.61. The third-order valence-electron chi connectivity index (χ3n) is 2.32. The van der Waals surface area contributed by atoms with Crippen molar-refractivity contribution in [1.29, 1.82) is 0 Å². The van der Waals surface area contributed by atoms with Gasteiger partial charge in [0, 0.05) is 4.88 Å². The molecule has 0 atom stereocenters. The molecule has 2 aromatic rings. The molecule has 2 aromatic heterocycles. The number of rotatable bonds is 4. The molecule has 0 fully saturated rings. The lowest BCUT2D eigenvalue weighted by molar-refractivity contribution is -0.136. The first kappa shape index (κ1) is 11.9. The highest BCUT2D eigenvalue weighted by molar-refractivity contribution is 7.15. The fraction of sp³-hybridized carbons (Fsp3) is 0.333. The zero-order valence-electron chi connectivity index (χ0n) is 9.64. The van der Waals surface area contributed by atoms with Crippen molar-refractivity contribution in [1.82, 2.24) is 4.98 Å². The average Bonchev–Trinajstić information content (AvgIpc) is 2.82. The molecule has 0 unspecified atom stereocenters. The summed E-state index contributed by atoms with van der Waals surface area (Å²) in [7, 11) is 0. The maximum Gasteiger partial charge on any atom is 0.308 e. The number of aromatic nitrogens is 1. The molecule has 0 bridgehead atoms. The Morgan fingerprint density at radius 2 is 2.35 bits per heavy atom. The van der Waals surface area contributed by atoms with Crippen molar-refractivity contribution in [3.63, 3.8) is 0 Å². The largest absolute Gasteiger partial charge is 0.481 e. The van der Waals surface area contributed by atoms with Crippen LogP contribution in [0.5, 0.6) is 0 Å². The van der Waals surface area contributed by atoms with Crippen LogP contribution in [0.3, 0.4) is 0 Å². The zero-order valence-corrected chi connectivity index (χ0v) is 10.5. The summed E-state index contributed by atoms with van der Waals surface area (Å²) in [5.41, 5.74) is 0.851. The van der Waals surface area contributed by atoms with Gasteiger partial charge in [-0.3, -0.25) is 4.79 Å². The molecule has 0 radical (unpaired) electrons. The number of carbonyl (C=O) groups is 1. The van der Waals surface area contributed by atoms with E-state index < -0.39 is 5.97 Å². The van der Waals surface area contributed by atoms with Crippen LogP contribution in [-0.4, -0.2) is 16.1 Å². The van der Waals surface area contributed by atoms with E-state index in [-0.39, 0.29) is 12.3 Å². The second kappa shape index (κ2) is 4.71. The van der Waals surface area contributed by atoms with E-state index in [0.717, 1.165) is 15.6 Å². The average molecular weight is 251 g/mol. The number of carboxylic acid groups (broad SMARTS) is 1. The molecule has 1 N–H and O–H groups in total. The van der Waals surface area contributed by atoms with Crippen LogP contribution in [0, 0.1) is 0 Å². The molecule has 4 nitrogen and oxygen atoms in total. The van der Waals surface area contributed by atoms with E-state index in [2.05, 4.69) is 4.98 Å². The third kappa shape index (κ3) is 2.55. The predicted octanol–water partition coefficient (Wildman–Crippen LogP) is 3.15. The van der Waals surface area contributed by atoms with Gasteiger partial charge in [-0.25, -0.2) is 4.98 Å². The molecule has 0 aliphatic rings. The van der Waals surface area contributed by atoms with Gasteiger partial charge in [0.25, 0.3) is 0 Å². The van der Waals surface area contributed by atoms with Crippen LogP contribution < -0.4 is 0 Å². The first-order valence-corrected chi connectivity index (χ1v) is 6.15. The van der Waals surface area contributed by atoms with Crippen molar-refractivity contribution in [2.24, 2.45) is 0 Å². The van der Waals surface area contributed by atoms with Gasteiger partial charge in [0.1, 0.15) is 0 Å². The van der Waals surface area contributed by atoms with Crippen LogP contribution in [-0.2, 0) is 11.2 Å². The normalized spacial score (nSPS) is 11.0. The van der Waals surface area contributed by atoms with E-state index in [4.69, 9.17) is 9.52 Å². The number of carboxylic acids is 1. The van der Waals surface area contributed by atoms with Crippen molar-refractivity contribution in [2.75, 3.05) is 0 Å². The van der Waals surface area contributed by atoms with Crippen LogP contribution >= 0.6 is 11.3 Å². The minimum Gasteiger partial charge on any atom is -0.481 e. The summed E-state index contributed by atoms with van der Waals surface area (Å²) < 4.78 is 5.27. The van der Waals surface area contributed by atoms with E-state index in [1.165, 1.54) is 11.3 Å². The molecule has 5 heteroatoms. The second-order valence-electron chi connectivity index (χ2n) is 4.03. The maximum atomic E-state index is 10.8. The van der Waals surface area contributed by atoms with E-state index in [0.29, 0.717) is 5.76 Å². The second-order valence-corrected chi connectivity index (χ2v) is 5.11. The van der Waals surface area contributed by atoms with Gasteiger partial charge < -0.3 is 9.52 Å². The van der Waals surface area contributed by atoms with Crippen LogP contribution in [0.15, 0.2) is 22.8 Å². The fourth-order valence-corrected chi connectivity index (χ4v) is 2.76. The Bertz CT molecular complexity index is 514. The molecule has 90 valence electrons. The highest BCUT2D eigenvalue weighted by Gasteiger charge is 2.18. The van der Waals surface area contributed by atoms with Crippen molar-refractivity contribution in [3.05, 3.63) is 29.0 Å². The highest BCUT2D eigenvalue weighted by Crippen LogP contribution is 2.32. The maximum absolute atomic E-state index is 10.8. The van der Waals surface area contributed by atoms with Gasteiger partial charge in [-0.1, -0.05) is 13.8 Å². The summed E-state index contributed by atoms with van der Waals surface area (Å²) in [5.74, 6) is 0.0689. The summed E-state index contributed by atoms with van der Waals surface area (Å²) in [6.45, 7) is 4.01. The van der Waals surface area contributed by atoms with Crippen LogP contribution in [0.25, 0.3) is 10.8 Å². The number of thiazole rings is 1. The zero-order chi connectivity index (χ0) is 12.4. The summed E-state index contributed by atoms with van der Waals surface area (Å²) in [6, 6.07) is 3.62. The lowest BCUT2D eigenvalue weighted by atomic mass is 10.1. The molecule has 0 aliphatic heterocycles. The molecule has 0 saturated carbocycles. The molecule has 0 aliphatic carbocycles. The van der Waals surface area contributed by atoms with E-state index in [9.17, 15) is 4.79 Å². The lowest BCUT2D eigenvalue weighted by Crippen LogP contribution is -2.02. The van der Waals surface area contributed by atoms with Crippen LogP contribution in [0.1, 0.15) is 30.3 Å². The summed E-state index contributed by atoms with van der Waals surface area (Å²) in [4.78, 5) is 16.1. The number of aliphatic carboxylic acids is 1.